The molecule has 0 fully saturated rings. The minimum absolute atomic E-state index is 0.102. The molecule has 0 spiro atoms. The van der Waals surface area contributed by atoms with E-state index in [1.807, 2.05) is 78.9 Å². The number of nitrogens with one attached hydrogen (secondary N) is 1. The molecule has 0 unspecified atom stereocenters. The number of amides is 1. The number of hydrogen-bond donors (Lipinski definition) is 1. The molecule has 0 atom stereocenters. The van der Waals surface area contributed by atoms with E-state index >= 15 is 0 Å². The van der Waals surface area contributed by atoms with Crippen LogP contribution in [0.3, 0.4) is 0 Å². The molecule has 0 aliphatic rings. The molecule has 0 aliphatic heterocycles. The van der Waals surface area contributed by atoms with Gasteiger partial charge in [0.25, 0.3) is 0 Å². The Kier molecular flexibility index (Phi) is 7.38. The maximum atomic E-state index is 11.9. The van der Waals surface area contributed by atoms with Crippen molar-refractivity contribution in [1.29, 1.82) is 0 Å². The molecule has 3 aromatic rings. The van der Waals surface area contributed by atoms with E-state index in [9.17, 15) is 4.79 Å². The Labute approximate surface area is 173 Å². The molecule has 4 nitrogen and oxygen atoms in total. The zero-order valence-corrected chi connectivity index (χ0v) is 16.9. The molecule has 1 amide bonds. The lowest BCUT2D eigenvalue weighted by atomic mass is 10.1. The Morgan fingerprint density at radius 1 is 0.929 bits per heavy atom. The zero-order valence-electron chi connectivity index (χ0n) is 15.3. The van der Waals surface area contributed by atoms with Crippen LogP contribution in [0.25, 0.3) is 0 Å². The lowest BCUT2D eigenvalue weighted by Gasteiger charge is -2.06. The number of nitrogens with zero attached hydrogens (tertiary/aromatic N) is 1. The first-order chi connectivity index (χ1) is 13.7. The second-order valence-corrected chi connectivity index (χ2v) is 7.18. The Morgan fingerprint density at radius 2 is 1.64 bits per heavy atom. The fourth-order valence-electron chi connectivity index (χ4n) is 2.53. The molecule has 0 aromatic heterocycles. The van der Waals surface area contributed by atoms with Crippen molar-refractivity contribution in [2.45, 2.75) is 19.4 Å². The van der Waals surface area contributed by atoms with Gasteiger partial charge in [0.2, 0.25) is 5.91 Å². The summed E-state index contributed by atoms with van der Waals surface area (Å²) in [7, 11) is 0. The van der Waals surface area contributed by atoms with E-state index in [-0.39, 0.29) is 5.91 Å². The van der Waals surface area contributed by atoms with E-state index in [2.05, 4.69) is 26.5 Å². The summed E-state index contributed by atoms with van der Waals surface area (Å²) in [6.45, 7) is 0.512. The van der Waals surface area contributed by atoms with E-state index in [0.717, 1.165) is 26.9 Å². The minimum atomic E-state index is -0.102. The number of hydrogen-bond acceptors (Lipinski definition) is 3. The van der Waals surface area contributed by atoms with Crippen molar-refractivity contribution in [3.63, 3.8) is 0 Å². The molecular formula is C23H21BrN2O2. The van der Waals surface area contributed by atoms with E-state index < -0.39 is 0 Å². The Bertz CT molecular complexity index is 908. The summed E-state index contributed by atoms with van der Waals surface area (Å²) >= 11 is 3.42. The van der Waals surface area contributed by atoms with Crippen molar-refractivity contribution in [2.75, 3.05) is 0 Å². The topological polar surface area (TPSA) is 50.7 Å². The van der Waals surface area contributed by atoms with Crippen molar-refractivity contribution >= 4 is 28.1 Å². The summed E-state index contributed by atoms with van der Waals surface area (Å²) in [5, 5.41) is 4.02. The number of carbonyl (C=O) groups excluding carboxylic acids is 1. The third-order valence-electron chi connectivity index (χ3n) is 4.09. The first-order valence-corrected chi connectivity index (χ1v) is 9.81. The molecule has 0 bridgehead atoms. The predicted octanol–water partition coefficient (Wildman–Crippen LogP) is 5.11. The minimum Gasteiger partial charge on any atom is -0.489 e. The van der Waals surface area contributed by atoms with E-state index in [0.29, 0.717) is 19.4 Å². The number of aryl methyl sites for hydroxylation is 1. The van der Waals surface area contributed by atoms with Crippen LogP contribution in [0.1, 0.15) is 23.1 Å². The van der Waals surface area contributed by atoms with Gasteiger partial charge in [0.05, 0.1) is 6.21 Å². The number of rotatable bonds is 8. The average molecular weight is 437 g/mol. The predicted molar refractivity (Wildman–Crippen MR) is 115 cm³/mol. The molecule has 0 aliphatic carbocycles. The van der Waals surface area contributed by atoms with Gasteiger partial charge in [-0.15, -0.1) is 0 Å². The maximum absolute atomic E-state index is 11.9. The van der Waals surface area contributed by atoms with Gasteiger partial charge in [-0.25, -0.2) is 5.43 Å². The summed E-state index contributed by atoms with van der Waals surface area (Å²) in [4.78, 5) is 11.9. The second-order valence-electron chi connectivity index (χ2n) is 6.26. The number of halogens is 1. The Balaban J connectivity index is 1.41. The van der Waals surface area contributed by atoms with Crippen LogP contribution >= 0.6 is 15.9 Å². The van der Waals surface area contributed by atoms with Crippen LogP contribution in [0.15, 0.2) is 88.4 Å². The highest BCUT2D eigenvalue weighted by atomic mass is 79.9. The molecular weight excluding hydrogens is 416 g/mol. The van der Waals surface area contributed by atoms with Crippen molar-refractivity contribution in [1.82, 2.24) is 5.43 Å². The van der Waals surface area contributed by atoms with Gasteiger partial charge < -0.3 is 4.74 Å². The fourth-order valence-corrected chi connectivity index (χ4v) is 2.80. The van der Waals surface area contributed by atoms with Crippen LogP contribution in [-0.2, 0) is 17.8 Å². The number of ether oxygens (including phenoxy) is 1. The quantitative estimate of drug-likeness (QED) is 0.393. The van der Waals surface area contributed by atoms with Gasteiger partial charge in [0.15, 0.2) is 0 Å². The maximum Gasteiger partial charge on any atom is 0.240 e. The fraction of sp³-hybridized carbons (Fsp3) is 0.130. The highest BCUT2D eigenvalue weighted by Crippen LogP contribution is 2.15. The SMILES string of the molecule is O=C(CCc1ccccc1)N/N=C/c1ccc(OCc2ccc(Br)cc2)cc1. The second kappa shape index (κ2) is 10.4. The lowest BCUT2D eigenvalue weighted by Crippen LogP contribution is -2.17. The van der Waals surface area contributed by atoms with Gasteiger partial charge in [-0.3, -0.25) is 4.79 Å². The van der Waals surface area contributed by atoms with Gasteiger partial charge in [0, 0.05) is 10.9 Å². The first-order valence-electron chi connectivity index (χ1n) is 9.02. The third kappa shape index (κ3) is 6.67. The van der Waals surface area contributed by atoms with Crippen molar-refractivity contribution in [3.05, 3.63) is 100 Å². The van der Waals surface area contributed by atoms with Crippen molar-refractivity contribution in [2.24, 2.45) is 5.10 Å². The van der Waals surface area contributed by atoms with Crippen LogP contribution in [-0.4, -0.2) is 12.1 Å². The third-order valence-corrected chi connectivity index (χ3v) is 4.61. The average Bonchev–Trinajstić information content (AvgIpc) is 2.73. The van der Waals surface area contributed by atoms with E-state index in [1.165, 1.54) is 0 Å². The van der Waals surface area contributed by atoms with Gasteiger partial charge in [0.1, 0.15) is 12.4 Å². The molecule has 5 heteroatoms. The molecule has 3 rings (SSSR count). The van der Waals surface area contributed by atoms with Crippen LogP contribution in [0.2, 0.25) is 0 Å². The largest absolute Gasteiger partial charge is 0.489 e. The highest BCUT2D eigenvalue weighted by Gasteiger charge is 2.01. The van der Waals surface area contributed by atoms with Gasteiger partial charge in [-0.1, -0.05) is 58.4 Å². The molecule has 0 radical (unpaired) electrons. The molecule has 0 saturated carbocycles. The normalized spacial score (nSPS) is 10.8. The lowest BCUT2D eigenvalue weighted by molar-refractivity contribution is -0.121. The highest BCUT2D eigenvalue weighted by molar-refractivity contribution is 9.10. The molecule has 28 heavy (non-hydrogen) atoms. The summed E-state index contributed by atoms with van der Waals surface area (Å²) in [5.74, 6) is 0.682. The van der Waals surface area contributed by atoms with Gasteiger partial charge >= 0.3 is 0 Å². The smallest absolute Gasteiger partial charge is 0.240 e. The van der Waals surface area contributed by atoms with Crippen molar-refractivity contribution < 1.29 is 9.53 Å². The molecule has 1 N–H and O–H groups in total. The first kappa shape index (κ1) is 19.8. The van der Waals surface area contributed by atoms with Gasteiger partial charge in [-0.05, 0) is 59.5 Å². The number of hydrazone groups is 1. The van der Waals surface area contributed by atoms with E-state index in [1.54, 1.807) is 6.21 Å². The van der Waals surface area contributed by atoms with Crippen LogP contribution in [0.5, 0.6) is 5.75 Å². The monoisotopic (exact) mass is 436 g/mol. The summed E-state index contributed by atoms with van der Waals surface area (Å²) < 4.78 is 6.82. The van der Waals surface area contributed by atoms with Crippen LogP contribution in [0.4, 0.5) is 0 Å². The molecule has 0 heterocycles. The summed E-state index contributed by atoms with van der Waals surface area (Å²) in [6.07, 6.45) is 2.73. The molecule has 0 saturated heterocycles. The zero-order chi connectivity index (χ0) is 19.6. The standard InChI is InChI=1S/C23H21BrN2O2/c24-21-11-6-20(7-12-21)17-28-22-13-8-19(9-14-22)16-25-26-23(27)15-10-18-4-2-1-3-5-18/h1-9,11-14,16H,10,15,17H2,(H,26,27)/b25-16+. The molecule has 142 valence electrons. The summed E-state index contributed by atoms with van der Waals surface area (Å²) in [5.41, 5.74) is 5.69. The van der Waals surface area contributed by atoms with Crippen LogP contribution in [0, 0.1) is 0 Å². The number of carbonyl (C=O) groups is 1. The van der Waals surface area contributed by atoms with E-state index in [4.69, 9.17) is 4.74 Å². The summed E-state index contributed by atoms with van der Waals surface area (Å²) in [6, 6.07) is 25.5. The van der Waals surface area contributed by atoms with Crippen molar-refractivity contribution in [3.8, 4) is 5.75 Å². The van der Waals surface area contributed by atoms with Crippen LogP contribution < -0.4 is 10.2 Å². The number of benzene rings is 3. The Morgan fingerprint density at radius 3 is 2.36 bits per heavy atom. The molecule has 3 aromatic carbocycles. The van der Waals surface area contributed by atoms with Gasteiger partial charge in [-0.2, -0.15) is 5.10 Å². The Hall–Kier alpha value is -2.92.